The van der Waals surface area contributed by atoms with E-state index >= 15 is 0 Å². The van der Waals surface area contributed by atoms with Gasteiger partial charge in [-0.3, -0.25) is 0 Å². The third kappa shape index (κ3) is 5.27. The van der Waals surface area contributed by atoms with Crippen LogP contribution in [0, 0.1) is 5.82 Å². The molecule has 0 aliphatic carbocycles. The van der Waals surface area contributed by atoms with Gasteiger partial charge in [0.2, 0.25) is 5.95 Å². The number of nitrogens with one attached hydrogen (secondary N) is 1. The maximum atomic E-state index is 13.5. The maximum absolute atomic E-state index is 13.5. The van der Waals surface area contributed by atoms with Crippen molar-refractivity contribution in [2.24, 2.45) is 0 Å². The fraction of sp³-hybridized carbons (Fsp3) is 0.636. The van der Waals surface area contributed by atoms with Gasteiger partial charge in [-0.2, -0.15) is 18.2 Å². The molecule has 0 aromatic carbocycles. The van der Waals surface area contributed by atoms with Crippen molar-refractivity contribution in [3.05, 3.63) is 12.0 Å². The summed E-state index contributed by atoms with van der Waals surface area (Å²) in [5.41, 5.74) is 0. The van der Waals surface area contributed by atoms with Crippen LogP contribution in [0.2, 0.25) is 0 Å². The predicted molar refractivity (Wildman–Crippen MR) is 64.7 cm³/mol. The van der Waals surface area contributed by atoms with Gasteiger partial charge in [-0.25, -0.2) is 9.37 Å². The molecule has 108 valence electrons. The Hall–Kier alpha value is -1.60. The minimum absolute atomic E-state index is 0.141. The van der Waals surface area contributed by atoms with Crippen LogP contribution in [-0.2, 0) is 0 Å². The highest BCUT2D eigenvalue weighted by molar-refractivity contribution is 5.43. The zero-order valence-electron chi connectivity index (χ0n) is 10.8. The van der Waals surface area contributed by atoms with Gasteiger partial charge in [-0.1, -0.05) is 6.92 Å². The first-order valence-corrected chi connectivity index (χ1v) is 5.87. The van der Waals surface area contributed by atoms with Crippen LogP contribution in [-0.4, -0.2) is 36.3 Å². The van der Waals surface area contributed by atoms with Gasteiger partial charge in [-0.05, 0) is 6.42 Å². The van der Waals surface area contributed by atoms with E-state index in [9.17, 15) is 17.6 Å². The molecule has 0 atom stereocenters. The Morgan fingerprint density at radius 3 is 2.63 bits per heavy atom. The quantitative estimate of drug-likeness (QED) is 0.814. The Balaban J connectivity index is 2.74. The van der Waals surface area contributed by atoms with Gasteiger partial charge in [0.1, 0.15) is 0 Å². The van der Waals surface area contributed by atoms with Crippen molar-refractivity contribution in [1.29, 1.82) is 0 Å². The Kier molecular flexibility index (Phi) is 5.31. The van der Waals surface area contributed by atoms with E-state index in [-0.39, 0.29) is 18.3 Å². The van der Waals surface area contributed by atoms with Crippen LogP contribution in [0.4, 0.5) is 29.3 Å². The molecule has 0 aliphatic rings. The summed E-state index contributed by atoms with van der Waals surface area (Å²) in [6, 6.07) is 0. The second-order valence-corrected chi connectivity index (χ2v) is 4.08. The number of anilines is 2. The van der Waals surface area contributed by atoms with E-state index in [0.717, 1.165) is 17.5 Å². The zero-order valence-corrected chi connectivity index (χ0v) is 10.8. The standard InChI is InChI=1S/C11H16F4N4/c1-3-5-16-10-17-7-8(12)9(18-10)19(2)6-4-11(13,14)15/h7H,3-6H2,1-2H3,(H,16,17,18). The molecule has 8 heteroatoms. The summed E-state index contributed by atoms with van der Waals surface area (Å²) >= 11 is 0. The fourth-order valence-corrected chi connectivity index (χ4v) is 1.35. The molecular weight excluding hydrogens is 264 g/mol. The minimum Gasteiger partial charge on any atom is -0.357 e. The van der Waals surface area contributed by atoms with Gasteiger partial charge >= 0.3 is 6.18 Å². The second-order valence-electron chi connectivity index (χ2n) is 4.08. The van der Waals surface area contributed by atoms with Crippen molar-refractivity contribution < 1.29 is 17.6 Å². The number of hydrogen-bond acceptors (Lipinski definition) is 4. The van der Waals surface area contributed by atoms with Gasteiger partial charge in [0.05, 0.1) is 12.6 Å². The molecule has 1 aromatic rings. The molecule has 1 aromatic heterocycles. The first-order chi connectivity index (χ1) is 8.83. The lowest BCUT2D eigenvalue weighted by Crippen LogP contribution is -2.26. The molecule has 0 aliphatic heterocycles. The van der Waals surface area contributed by atoms with Crippen molar-refractivity contribution in [3.63, 3.8) is 0 Å². The number of halogens is 4. The highest BCUT2D eigenvalue weighted by Gasteiger charge is 2.27. The van der Waals surface area contributed by atoms with Crippen LogP contribution in [0.3, 0.4) is 0 Å². The predicted octanol–water partition coefficient (Wildman–Crippen LogP) is 2.83. The lowest BCUT2D eigenvalue weighted by molar-refractivity contribution is -0.132. The number of nitrogens with zero attached hydrogens (tertiary/aromatic N) is 3. The molecule has 1 heterocycles. The van der Waals surface area contributed by atoms with Gasteiger partial charge in [0.15, 0.2) is 11.6 Å². The van der Waals surface area contributed by atoms with Crippen LogP contribution in [0.15, 0.2) is 6.20 Å². The summed E-state index contributed by atoms with van der Waals surface area (Å²) in [6.07, 6.45) is -3.52. The summed E-state index contributed by atoms with van der Waals surface area (Å²) < 4.78 is 49.8. The topological polar surface area (TPSA) is 41.1 Å². The monoisotopic (exact) mass is 280 g/mol. The highest BCUT2D eigenvalue weighted by Crippen LogP contribution is 2.22. The Labute approximate surface area is 108 Å². The minimum atomic E-state index is -4.28. The fourth-order valence-electron chi connectivity index (χ4n) is 1.35. The van der Waals surface area contributed by atoms with Gasteiger partial charge < -0.3 is 10.2 Å². The van der Waals surface area contributed by atoms with Gasteiger partial charge in [0, 0.05) is 20.1 Å². The molecule has 0 fully saturated rings. The molecular formula is C11H16F4N4. The van der Waals surface area contributed by atoms with Crippen LogP contribution in [0.25, 0.3) is 0 Å². The Morgan fingerprint density at radius 1 is 1.37 bits per heavy atom. The first kappa shape index (κ1) is 15.5. The molecule has 0 bridgehead atoms. The molecule has 19 heavy (non-hydrogen) atoms. The number of rotatable bonds is 6. The second kappa shape index (κ2) is 6.53. The third-order valence-corrected chi connectivity index (χ3v) is 2.35. The van der Waals surface area contributed by atoms with E-state index < -0.39 is 18.4 Å². The Bertz CT molecular complexity index is 408. The van der Waals surface area contributed by atoms with Crippen LogP contribution in [0.5, 0.6) is 0 Å². The Morgan fingerprint density at radius 2 is 2.05 bits per heavy atom. The average molecular weight is 280 g/mol. The van der Waals surface area contributed by atoms with Crippen molar-refractivity contribution in [2.45, 2.75) is 25.9 Å². The van der Waals surface area contributed by atoms with Crippen molar-refractivity contribution in [1.82, 2.24) is 9.97 Å². The molecule has 0 unspecified atom stereocenters. The lowest BCUT2D eigenvalue weighted by atomic mass is 10.3. The molecule has 1 N–H and O–H groups in total. The lowest BCUT2D eigenvalue weighted by Gasteiger charge is -2.19. The summed E-state index contributed by atoms with van der Waals surface area (Å²) in [5.74, 6) is -0.679. The van der Waals surface area contributed by atoms with Gasteiger partial charge in [-0.15, -0.1) is 0 Å². The molecule has 1 rings (SSSR count). The van der Waals surface area contributed by atoms with Crippen LogP contribution in [0.1, 0.15) is 19.8 Å². The molecule has 0 saturated heterocycles. The van der Waals surface area contributed by atoms with E-state index in [1.807, 2.05) is 6.92 Å². The number of hydrogen-bond donors (Lipinski definition) is 1. The van der Waals surface area contributed by atoms with Crippen LogP contribution < -0.4 is 10.2 Å². The summed E-state index contributed by atoms with van der Waals surface area (Å²) in [6.45, 7) is 2.19. The van der Waals surface area contributed by atoms with E-state index in [2.05, 4.69) is 15.3 Å². The molecule has 0 radical (unpaired) electrons. The molecule has 0 saturated carbocycles. The molecule has 0 spiro atoms. The summed E-state index contributed by atoms with van der Waals surface area (Å²) in [4.78, 5) is 8.72. The molecule has 4 nitrogen and oxygen atoms in total. The zero-order chi connectivity index (χ0) is 14.5. The summed E-state index contributed by atoms with van der Waals surface area (Å²) in [7, 11) is 1.36. The van der Waals surface area contributed by atoms with E-state index in [0.29, 0.717) is 6.54 Å². The first-order valence-electron chi connectivity index (χ1n) is 5.87. The highest BCUT2D eigenvalue weighted by atomic mass is 19.4. The average Bonchev–Trinajstić information content (AvgIpc) is 2.34. The van der Waals surface area contributed by atoms with Crippen LogP contribution >= 0.6 is 0 Å². The van der Waals surface area contributed by atoms with Gasteiger partial charge in [0.25, 0.3) is 0 Å². The largest absolute Gasteiger partial charge is 0.390 e. The van der Waals surface area contributed by atoms with E-state index in [1.165, 1.54) is 7.05 Å². The molecule has 0 amide bonds. The summed E-state index contributed by atoms with van der Waals surface area (Å²) in [5, 5.41) is 2.85. The number of alkyl halides is 3. The van der Waals surface area contributed by atoms with Crippen molar-refractivity contribution >= 4 is 11.8 Å². The van der Waals surface area contributed by atoms with E-state index in [4.69, 9.17) is 0 Å². The third-order valence-electron chi connectivity index (χ3n) is 2.35. The maximum Gasteiger partial charge on any atom is 0.390 e. The van der Waals surface area contributed by atoms with Crippen molar-refractivity contribution in [2.75, 3.05) is 30.4 Å². The van der Waals surface area contributed by atoms with E-state index in [1.54, 1.807) is 0 Å². The number of aromatic nitrogens is 2. The SMILES string of the molecule is CCCNc1ncc(F)c(N(C)CCC(F)(F)F)n1. The van der Waals surface area contributed by atoms with Crippen molar-refractivity contribution in [3.8, 4) is 0 Å². The smallest absolute Gasteiger partial charge is 0.357 e. The normalized spacial score (nSPS) is 11.5.